The van der Waals surface area contributed by atoms with E-state index in [4.69, 9.17) is 4.74 Å². The highest BCUT2D eigenvalue weighted by Crippen LogP contribution is 2.25. The van der Waals surface area contributed by atoms with Crippen molar-refractivity contribution in [1.29, 1.82) is 0 Å². The van der Waals surface area contributed by atoms with Gasteiger partial charge in [-0.3, -0.25) is 0 Å². The molecule has 0 bridgehead atoms. The molecule has 1 aliphatic carbocycles. The number of likely N-dealkylation sites (tertiary alicyclic amines) is 1. The van der Waals surface area contributed by atoms with Gasteiger partial charge < -0.3 is 14.4 Å². The van der Waals surface area contributed by atoms with E-state index in [1.807, 2.05) is 0 Å². The normalized spacial score (nSPS) is 30.5. The van der Waals surface area contributed by atoms with Crippen molar-refractivity contribution in [3.05, 3.63) is 0 Å². The highest BCUT2D eigenvalue weighted by molar-refractivity contribution is 5.68. The number of carbonyl (C=O) groups is 2. The molecule has 1 saturated heterocycles. The largest absolute Gasteiger partial charge is 0.446 e. The molecule has 2 rings (SSSR count). The molecule has 1 heterocycles. The average Bonchev–Trinajstić information content (AvgIpc) is 2.16. The van der Waals surface area contributed by atoms with Crippen LogP contribution >= 0.6 is 0 Å². The molecule has 0 unspecified atom stereocenters. The minimum Gasteiger partial charge on any atom is -0.446 e. The lowest BCUT2D eigenvalue weighted by Crippen LogP contribution is -2.44. The summed E-state index contributed by atoms with van der Waals surface area (Å²) in [4.78, 5) is 23.7. The van der Waals surface area contributed by atoms with E-state index < -0.39 is 0 Å². The van der Waals surface area contributed by atoms with Gasteiger partial charge in [0.15, 0.2) is 0 Å². The van der Waals surface area contributed by atoms with Gasteiger partial charge in [-0.25, -0.2) is 4.79 Å². The van der Waals surface area contributed by atoms with Crippen molar-refractivity contribution in [2.75, 3.05) is 13.1 Å². The van der Waals surface area contributed by atoms with Crippen LogP contribution in [0, 0.1) is 5.92 Å². The van der Waals surface area contributed by atoms with Crippen LogP contribution in [0.2, 0.25) is 0 Å². The molecule has 2 fully saturated rings. The van der Waals surface area contributed by atoms with E-state index in [1.54, 1.807) is 4.90 Å². The number of hydrogen-bond acceptors (Lipinski definition) is 3. The molecule has 0 aromatic carbocycles. The summed E-state index contributed by atoms with van der Waals surface area (Å²) in [5.41, 5.74) is 0. The lowest BCUT2D eigenvalue weighted by atomic mass is 9.88. The van der Waals surface area contributed by atoms with Crippen molar-refractivity contribution in [3.63, 3.8) is 0 Å². The Kier molecular flexibility index (Phi) is 3.23. The Morgan fingerprint density at radius 1 is 1.20 bits per heavy atom. The zero-order valence-corrected chi connectivity index (χ0v) is 8.85. The summed E-state index contributed by atoms with van der Waals surface area (Å²) in [6.07, 6.45) is 5.38. The molecule has 0 aromatic rings. The molecule has 4 nitrogen and oxygen atoms in total. The van der Waals surface area contributed by atoms with Crippen LogP contribution < -0.4 is 0 Å². The van der Waals surface area contributed by atoms with Crippen LogP contribution in [-0.4, -0.2) is 36.5 Å². The van der Waals surface area contributed by atoms with Gasteiger partial charge in [0.1, 0.15) is 12.4 Å². The van der Waals surface area contributed by atoms with E-state index in [-0.39, 0.29) is 18.1 Å². The minimum atomic E-state index is -0.171. The summed E-state index contributed by atoms with van der Waals surface area (Å²) in [5.74, 6) is 0.184. The Bertz CT molecular complexity index is 242. The monoisotopic (exact) mass is 211 g/mol. The fraction of sp³-hybridized carbons (Fsp3) is 0.818. The van der Waals surface area contributed by atoms with Crippen molar-refractivity contribution >= 4 is 12.4 Å². The van der Waals surface area contributed by atoms with Crippen LogP contribution in [0.1, 0.15) is 32.1 Å². The maximum absolute atomic E-state index is 11.5. The van der Waals surface area contributed by atoms with E-state index in [9.17, 15) is 9.59 Å². The number of aldehydes is 1. The molecule has 4 heteroatoms. The molecule has 0 radical (unpaired) electrons. The van der Waals surface area contributed by atoms with E-state index in [2.05, 4.69) is 0 Å². The lowest BCUT2D eigenvalue weighted by molar-refractivity contribution is -0.112. The van der Waals surface area contributed by atoms with Crippen molar-refractivity contribution in [1.82, 2.24) is 4.90 Å². The molecule has 1 amide bonds. The van der Waals surface area contributed by atoms with Gasteiger partial charge in [-0.05, 0) is 32.1 Å². The SMILES string of the molecule is O=CC1CCC(OC(=O)N2CCC2)CC1. The van der Waals surface area contributed by atoms with Gasteiger partial charge in [0, 0.05) is 19.0 Å². The summed E-state index contributed by atoms with van der Waals surface area (Å²) >= 11 is 0. The summed E-state index contributed by atoms with van der Waals surface area (Å²) in [6, 6.07) is 0. The molecule has 2 aliphatic rings. The fourth-order valence-corrected chi connectivity index (χ4v) is 2.06. The predicted octanol–water partition coefficient (Wildman–Crippen LogP) is 1.59. The molecule has 0 atom stereocenters. The van der Waals surface area contributed by atoms with Crippen LogP contribution in [0.15, 0.2) is 0 Å². The van der Waals surface area contributed by atoms with Crippen molar-refractivity contribution in [2.45, 2.75) is 38.2 Å². The van der Waals surface area contributed by atoms with Crippen LogP contribution in [-0.2, 0) is 9.53 Å². The van der Waals surface area contributed by atoms with Crippen molar-refractivity contribution in [3.8, 4) is 0 Å². The second-order valence-corrected chi connectivity index (χ2v) is 4.40. The Hall–Kier alpha value is -1.06. The molecular formula is C11H17NO3. The van der Waals surface area contributed by atoms with E-state index in [1.165, 1.54) is 0 Å². The van der Waals surface area contributed by atoms with Gasteiger partial charge in [-0.2, -0.15) is 0 Å². The minimum absolute atomic E-state index is 0.0364. The first kappa shape index (κ1) is 10.5. The third-order valence-electron chi connectivity index (χ3n) is 3.29. The first-order valence-corrected chi connectivity index (χ1v) is 5.70. The van der Waals surface area contributed by atoms with Gasteiger partial charge in [0.2, 0.25) is 0 Å². The maximum atomic E-state index is 11.5. The number of nitrogens with zero attached hydrogens (tertiary/aromatic N) is 1. The van der Waals surface area contributed by atoms with Gasteiger partial charge >= 0.3 is 6.09 Å². The van der Waals surface area contributed by atoms with E-state index >= 15 is 0 Å². The van der Waals surface area contributed by atoms with Crippen LogP contribution in [0.5, 0.6) is 0 Å². The van der Waals surface area contributed by atoms with Crippen LogP contribution in [0.3, 0.4) is 0 Å². The van der Waals surface area contributed by atoms with Crippen molar-refractivity contribution < 1.29 is 14.3 Å². The number of ether oxygens (including phenoxy) is 1. The number of hydrogen-bond donors (Lipinski definition) is 0. The third-order valence-corrected chi connectivity index (χ3v) is 3.29. The van der Waals surface area contributed by atoms with Gasteiger partial charge in [-0.1, -0.05) is 0 Å². The summed E-state index contributed by atoms with van der Waals surface area (Å²) in [5, 5.41) is 0. The Morgan fingerprint density at radius 3 is 2.33 bits per heavy atom. The molecular weight excluding hydrogens is 194 g/mol. The number of carbonyl (C=O) groups excluding carboxylic acids is 2. The zero-order chi connectivity index (χ0) is 10.7. The number of rotatable bonds is 2. The lowest BCUT2D eigenvalue weighted by Gasteiger charge is -2.33. The first-order chi connectivity index (χ1) is 7.29. The Labute approximate surface area is 89.6 Å². The van der Waals surface area contributed by atoms with E-state index in [0.717, 1.165) is 51.5 Å². The smallest absolute Gasteiger partial charge is 0.410 e. The molecule has 1 saturated carbocycles. The van der Waals surface area contributed by atoms with Crippen LogP contribution in [0.4, 0.5) is 4.79 Å². The molecule has 0 aromatic heterocycles. The summed E-state index contributed by atoms with van der Waals surface area (Å²) < 4.78 is 5.36. The molecule has 0 N–H and O–H groups in total. The van der Waals surface area contributed by atoms with Crippen molar-refractivity contribution in [2.24, 2.45) is 5.92 Å². The average molecular weight is 211 g/mol. The Balaban J connectivity index is 1.71. The fourth-order valence-electron chi connectivity index (χ4n) is 2.06. The molecule has 1 aliphatic heterocycles. The number of amides is 1. The topological polar surface area (TPSA) is 46.6 Å². The Morgan fingerprint density at radius 2 is 1.87 bits per heavy atom. The van der Waals surface area contributed by atoms with Gasteiger partial charge in [0.05, 0.1) is 0 Å². The first-order valence-electron chi connectivity index (χ1n) is 5.70. The molecule has 15 heavy (non-hydrogen) atoms. The second kappa shape index (κ2) is 4.64. The standard InChI is InChI=1S/C11H17NO3/c13-8-9-2-4-10(5-3-9)15-11(14)12-6-1-7-12/h8-10H,1-7H2. The van der Waals surface area contributed by atoms with Gasteiger partial charge in [0.25, 0.3) is 0 Å². The highest BCUT2D eigenvalue weighted by atomic mass is 16.6. The summed E-state index contributed by atoms with van der Waals surface area (Å²) in [6.45, 7) is 1.67. The van der Waals surface area contributed by atoms with Gasteiger partial charge in [-0.15, -0.1) is 0 Å². The highest BCUT2D eigenvalue weighted by Gasteiger charge is 2.27. The maximum Gasteiger partial charge on any atom is 0.410 e. The predicted molar refractivity (Wildman–Crippen MR) is 54.5 cm³/mol. The summed E-state index contributed by atoms with van der Waals surface area (Å²) in [7, 11) is 0. The second-order valence-electron chi connectivity index (χ2n) is 4.40. The van der Waals surface area contributed by atoms with E-state index in [0.29, 0.717) is 0 Å². The molecule has 0 spiro atoms. The zero-order valence-electron chi connectivity index (χ0n) is 8.85. The van der Waals surface area contributed by atoms with Crippen LogP contribution in [0.25, 0.3) is 0 Å². The third kappa shape index (κ3) is 2.49. The quantitative estimate of drug-likeness (QED) is 0.651. The molecule has 84 valence electrons.